The standard InChI is InChI=1S/C19H20N4OS2/c1-2-20-18-22-23-19(26-18)25-13-17(24)21-16-11-7-6-10-15(16)12-14-8-4-3-5-9-14/h3-11H,2,12-13H2,1H3,(H,20,22)(H,21,24). The number of thioether (sulfide) groups is 1. The maximum atomic E-state index is 12.3. The first-order chi connectivity index (χ1) is 12.7. The Kier molecular flexibility index (Phi) is 6.62. The summed E-state index contributed by atoms with van der Waals surface area (Å²) in [4.78, 5) is 12.3. The van der Waals surface area contributed by atoms with Crippen molar-refractivity contribution >= 4 is 39.8 Å². The molecular formula is C19H20N4OS2. The highest BCUT2D eigenvalue weighted by atomic mass is 32.2. The lowest BCUT2D eigenvalue weighted by Crippen LogP contribution is -2.15. The molecule has 2 aromatic carbocycles. The van der Waals surface area contributed by atoms with Crippen LogP contribution in [0.3, 0.4) is 0 Å². The second-order valence-electron chi connectivity index (χ2n) is 5.56. The van der Waals surface area contributed by atoms with Gasteiger partial charge in [-0.3, -0.25) is 4.79 Å². The molecule has 3 aromatic rings. The van der Waals surface area contributed by atoms with Gasteiger partial charge in [0.25, 0.3) is 0 Å². The van der Waals surface area contributed by atoms with Crippen LogP contribution < -0.4 is 10.6 Å². The van der Waals surface area contributed by atoms with E-state index in [0.717, 1.165) is 33.7 Å². The Labute approximate surface area is 161 Å². The Morgan fingerprint density at radius 3 is 2.65 bits per heavy atom. The molecule has 3 rings (SSSR count). The van der Waals surface area contributed by atoms with Crippen molar-refractivity contribution in [3.8, 4) is 0 Å². The van der Waals surface area contributed by atoms with Crippen molar-refractivity contribution in [2.75, 3.05) is 22.9 Å². The zero-order valence-electron chi connectivity index (χ0n) is 14.4. The topological polar surface area (TPSA) is 66.9 Å². The number of rotatable bonds is 8. The van der Waals surface area contributed by atoms with Crippen LogP contribution in [0, 0.1) is 0 Å². The molecule has 0 aliphatic heterocycles. The van der Waals surface area contributed by atoms with Crippen molar-refractivity contribution in [2.45, 2.75) is 17.7 Å². The number of nitrogens with zero attached hydrogens (tertiary/aromatic N) is 2. The van der Waals surface area contributed by atoms with Gasteiger partial charge >= 0.3 is 0 Å². The van der Waals surface area contributed by atoms with Crippen LogP contribution in [0.2, 0.25) is 0 Å². The predicted octanol–water partition coefficient (Wildman–Crippen LogP) is 4.29. The van der Waals surface area contributed by atoms with E-state index >= 15 is 0 Å². The van der Waals surface area contributed by atoms with Gasteiger partial charge in [0.05, 0.1) is 5.75 Å². The van der Waals surface area contributed by atoms with E-state index in [1.165, 1.54) is 28.7 Å². The predicted molar refractivity (Wildman–Crippen MR) is 109 cm³/mol. The normalized spacial score (nSPS) is 10.5. The van der Waals surface area contributed by atoms with Crippen molar-refractivity contribution in [1.29, 1.82) is 0 Å². The highest BCUT2D eigenvalue weighted by Crippen LogP contribution is 2.26. The van der Waals surface area contributed by atoms with E-state index in [1.807, 2.05) is 49.4 Å². The molecule has 0 spiro atoms. The van der Waals surface area contributed by atoms with Gasteiger partial charge in [0.2, 0.25) is 11.0 Å². The van der Waals surface area contributed by atoms with Crippen LogP contribution in [0.4, 0.5) is 10.8 Å². The molecule has 1 amide bonds. The SMILES string of the molecule is CCNc1nnc(SCC(=O)Nc2ccccc2Cc2ccccc2)s1. The first-order valence-electron chi connectivity index (χ1n) is 8.36. The molecule has 0 saturated carbocycles. The average molecular weight is 385 g/mol. The molecule has 7 heteroatoms. The van der Waals surface area contributed by atoms with Crippen LogP contribution in [0.1, 0.15) is 18.1 Å². The average Bonchev–Trinajstić information content (AvgIpc) is 3.10. The van der Waals surface area contributed by atoms with Crippen molar-refractivity contribution in [2.24, 2.45) is 0 Å². The molecule has 0 bridgehead atoms. The largest absolute Gasteiger partial charge is 0.360 e. The number of benzene rings is 2. The number of amides is 1. The molecule has 134 valence electrons. The number of hydrogen-bond acceptors (Lipinski definition) is 6. The fourth-order valence-corrected chi connectivity index (χ4v) is 4.04. The van der Waals surface area contributed by atoms with Gasteiger partial charge in [0.1, 0.15) is 0 Å². The van der Waals surface area contributed by atoms with Crippen LogP contribution in [0.25, 0.3) is 0 Å². The molecule has 2 N–H and O–H groups in total. The summed E-state index contributed by atoms with van der Waals surface area (Å²) in [5.41, 5.74) is 3.17. The molecule has 26 heavy (non-hydrogen) atoms. The fourth-order valence-electron chi connectivity index (χ4n) is 2.42. The summed E-state index contributed by atoms with van der Waals surface area (Å²) in [6.45, 7) is 2.81. The van der Waals surface area contributed by atoms with E-state index in [9.17, 15) is 4.79 Å². The molecule has 1 aromatic heterocycles. The van der Waals surface area contributed by atoms with E-state index in [2.05, 4.69) is 33.0 Å². The van der Waals surface area contributed by atoms with Gasteiger partial charge in [0, 0.05) is 12.2 Å². The van der Waals surface area contributed by atoms with Gasteiger partial charge in [-0.05, 0) is 30.5 Å². The van der Waals surface area contributed by atoms with Crippen molar-refractivity contribution < 1.29 is 4.79 Å². The summed E-state index contributed by atoms with van der Waals surface area (Å²) in [7, 11) is 0. The molecule has 1 heterocycles. The van der Waals surface area contributed by atoms with Gasteiger partial charge in [-0.2, -0.15) is 0 Å². The first-order valence-corrected chi connectivity index (χ1v) is 10.2. The smallest absolute Gasteiger partial charge is 0.234 e. The Hall–Kier alpha value is -2.38. The Morgan fingerprint density at radius 2 is 1.85 bits per heavy atom. The summed E-state index contributed by atoms with van der Waals surface area (Å²) < 4.78 is 0.786. The number of carbonyl (C=O) groups is 1. The molecule has 0 aliphatic carbocycles. The third kappa shape index (κ3) is 5.31. The molecule has 0 unspecified atom stereocenters. The van der Waals surface area contributed by atoms with E-state index < -0.39 is 0 Å². The molecule has 0 fully saturated rings. The Balaban J connectivity index is 1.58. The number of para-hydroxylation sites is 1. The fraction of sp³-hybridized carbons (Fsp3) is 0.211. The lowest BCUT2D eigenvalue weighted by Gasteiger charge is -2.11. The van der Waals surface area contributed by atoms with Gasteiger partial charge in [-0.25, -0.2) is 0 Å². The van der Waals surface area contributed by atoms with Crippen LogP contribution in [-0.4, -0.2) is 28.4 Å². The molecular weight excluding hydrogens is 364 g/mol. The van der Waals surface area contributed by atoms with Crippen LogP contribution in [-0.2, 0) is 11.2 Å². The lowest BCUT2D eigenvalue weighted by atomic mass is 10.0. The number of nitrogens with one attached hydrogen (secondary N) is 2. The highest BCUT2D eigenvalue weighted by molar-refractivity contribution is 8.01. The molecule has 0 atom stereocenters. The van der Waals surface area contributed by atoms with E-state index in [0.29, 0.717) is 5.75 Å². The summed E-state index contributed by atoms with van der Waals surface area (Å²) in [6.07, 6.45) is 0.785. The lowest BCUT2D eigenvalue weighted by molar-refractivity contribution is -0.113. The van der Waals surface area contributed by atoms with E-state index in [-0.39, 0.29) is 5.91 Å². The second kappa shape index (κ2) is 9.35. The number of aromatic nitrogens is 2. The third-order valence-corrected chi connectivity index (χ3v) is 5.60. The van der Waals surface area contributed by atoms with Crippen LogP contribution in [0.15, 0.2) is 58.9 Å². The number of hydrogen-bond donors (Lipinski definition) is 2. The van der Waals surface area contributed by atoms with Gasteiger partial charge in [-0.1, -0.05) is 71.6 Å². The minimum atomic E-state index is -0.0456. The molecule has 5 nitrogen and oxygen atoms in total. The zero-order valence-corrected chi connectivity index (χ0v) is 16.1. The van der Waals surface area contributed by atoms with Gasteiger partial charge in [-0.15, -0.1) is 10.2 Å². The summed E-state index contributed by atoms with van der Waals surface area (Å²) >= 11 is 2.86. The summed E-state index contributed by atoms with van der Waals surface area (Å²) in [5.74, 6) is 0.260. The van der Waals surface area contributed by atoms with Crippen molar-refractivity contribution in [3.63, 3.8) is 0 Å². The maximum absolute atomic E-state index is 12.3. The van der Waals surface area contributed by atoms with Crippen molar-refractivity contribution in [3.05, 3.63) is 65.7 Å². The second-order valence-corrected chi connectivity index (χ2v) is 7.76. The monoisotopic (exact) mass is 384 g/mol. The van der Waals surface area contributed by atoms with Gasteiger partial charge in [0.15, 0.2) is 4.34 Å². The number of carbonyl (C=O) groups excluding carboxylic acids is 1. The van der Waals surface area contributed by atoms with Crippen LogP contribution >= 0.6 is 23.1 Å². The minimum Gasteiger partial charge on any atom is -0.360 e. The minimum absolute atomic E-state index is 0.0456. The summed E-state index contributed by atoms with van der Waals surface area (Å²) in [5, 5.41) is 15.0. The number of anilines is 2. The highest BCUT2D eigenvalue weighted by Gasteiger charge is 2.10. The maximum Gasteiger partial charge on any atom is 0.234 e. The van der Waals surface area contributed by atoms with Crippen molar-refractivity contribution in [1.82, 2.24) is 10.2 Å². The molecule has 0 saturated heterocycles. The van der Waals surface area contributed by atoms with E-state index in [4.69, 9.17) is 0 Å². The zero-order chi connectivity index (χ0) is 18.2. The molecule has 0 aliphatic rings. The Morgan fingerprint density at radius 1 is 1.08 bits per heavy atom. The quantitative estimate of drug-likeness (QED) is 0.567. The van der Waals surface area contributed by atoms with Crippen LogP contribution in [0.5, 0.6) is 0 Å². The third-order valence-electron chi connectivity index (χ3n) is 3.59. The Bertz CT molecular complexity index is 852. The van der Waals surface area contributed by atoms with E-state index in [1.54, 1.807) is 0 Å². The first kappa shape index (κ1) is 18.4. The summed E-state index contributed by atoms with van der Waals surface area (Å²) in [6, 6.07) is 18.1. The van der Waals surface area contributed by atoms with Gasteiger partial charge < -0.3 is 10.6 Å². The molecule has 0 radical (unpaired) electrons.